The third-order valence-corrected chi connectivity index (χ3v) is 11.1. The topological polar surface area (TPSA) is 263 Å². The number of β-lactam (4-membered cyclic amide) rings is 1. The van der Waals surface area contributed by atoms with Crippen LogP contribution in [0, 0.1) is 0 Å². The summed E-state index contributed by atoms with van der Waals surface area (Å²) >= 11 is 4.98. The quantitative estimate of drug-likeness (QED) is 0.0138. The number of hydrogen-bond donors (Lipinski definition) is 6. The number of nitrogens with zero attached hydrogens (tertiary/aromatic N) is 6. The average molecular weight is 798 g/mol. The zero-order valence-corrected chi connectivity index (χ0v) is 32.4. The van der Waals surface area contributed by atoms with Crippen molar-refractivity contribution in [2.75, 3.05) is 36.2 Å². The van der Waals surface area contributed by atoms with E-state index < -0.39 is 40.4 Å². The summed E-state index contributed by atoms with van der Waals surface area (Å²) in [5, 5.41) is 44.2. The molecule has 0 unspecified atom stereocenters. The number of oxime groups is 1. The maximum atomic E-state index is 13.4. The Morgan fingerprint density at radius 2 is 2.04 bits per heavy atom. The molecule has 7 N–H and O–H groups in total. The molecule has 4 aromatic rings. The van der Waals surface area contributed by atoms with Crippen molar-refractivity contribution in [2.24, 2.45) is 5.16 Å². The van der Waals surface area contributed by atoms with Crippen LogP contribution in [0.25, 0.3) is 11.6 Å². The monoisotopic (exact) mass is 797 g/mol. The molecule has 6 rings (SSSR count). The summed E-state index contributed by atoms with van der Waals surface area (Å²) in [7, 11) is 0. The van der Waals surface area contributed by atoms with Crippen LogP contribution in [0.15, 0.2) is 77.9 Å². The SMILES string of the molecule is Nc1nc(/C(=N/OCCSc2nnc(-c3cc(=O)c(O)c[nH]3)o2)C(=O)N[C@@H]2C(=O)N3C(C(=O)O)=C(CSc4cc[n+](CCO)cc4)CS[C@H]23)cs1.[Na+]. The van der Waals surface area contributed by atoms with Crippen molar-refractivity contribution in [1.82, 2.24) is 30.4 Å². The molecule has 0 aromatic carbocycles. The smallest absolute Gasteiger partial charge is 0.503 e. The van der Waals surface area contributed by atoms with Crippen molar-refractivity contribution in [3.05, 3.63) is 69.4 Å². The Hall–Kier alpha value is -3.90. The Balaban J connectivity index is 0.00000523. The van der Waals surface area contributed by atoms with Crippen molar-refractivity contribution >= 4 is 75.2 Å². The molecule has 2 aliphatic heterocycles. The first-order chi connectivity index (χ1) is 24.6. The van der Waals surface area contributed by atoms with Crippen molar-refractivity contribution in [2.45, 2.75) is 28.1 Å². The second kappa shape index (κ2) is 17.7. The van der Waals surface area contributed by atoms with E-state index in [1.807, 2.05) is 29.1 Å². The molecule has 0 aliphatic carbocycles. The fraction of sp³-hybridized carbons (Fsp3) is 0.276. The van der Waals surface area contributed by atoms with Gasteiger partial charge in [0.05, 0.1) is 0 Å². The number of hydrogen-bond acceptors (Lipinski definition) is 17. The molecule has 18 nitrogen and oxygen atoms in total. The maximum Gasteiger partial charge on any atom is 1.00 e. The number of anilines is 1. The number of aromatic nitrogens is 5. The van der Waals surface area contributed by atoms with Gasteiger partial charge >= 0.3 is 35.5 Å². The first-order valence-electron chi connectivity index (χ1n) is 14.9. The number of thiazole rings is 1. The molecule has 0 radical (unpaired) electrons. The molecule has 23 heteroatoms. The van der Waals surface area contributed by atoms with Gasteiger partial charge in [-0.05, 0) is 5.57 Å². The number of rotatable bonds is 15. The van der Waals surface area contributed by atoms with Crippen molar-refractivity contribution in [3.8, 4) is 17.3 Å². The standard InChI is InChI=1S/C29H27N9O9S4.Na/c30-28-32-17(13-51-28)20(36-46-7-8-48-29-35-34-24(47-29)16-9-18(40)19(41)10-31-16)23(42)33-21-25(43)38-22(27(44)45)14(12-50-26(21)38)11-49-15-1-3-37(4-2-15)5-6-39;/h1-4,9-10,13,21,26,39H,5-8,11-12H2,(H5-,30,31,32,33,34,36,40,41,42,44,45);/q;+1/p+1/t21-,26-;/m1./s1. The molecule has 0 saturated carbocycles. The molecule has 1 saturated heterocycles. The van der Waals surface area contributed by atoms with Crippen LogP contribution >= 0.6 is 46.6 Å². The number of pyridine rings is 2. The number of nitrogens with two attached hydrogens (primary N) is 1. The van der Waals surface area contributed by atoms with E-state index >= 15 is 0 Å². The van der Waals surface area contributed by atoms with E-state index in [1.54, 1.807) is 0 Å². The van der Waals surface area contributed by atoms with Gasteiger partial charge in [-0.1, -0.05) is 16.9 Å². The van der Waals surface area contributed by atoms with Crippen LogP contribution in [0.1, 0.15) is 5.69 Å². The average Bonchev–Trinajstić information content (AvgIpc) is 3.78. The fourth-order valence-electron chi connectivity index (χ4n) is 4.82. The minimum atomic E-state index is -1.23. The zero-order chi connectivity index (χ0) is 36.1. The van der Waals surface area contributed by atoms with Gasteiger partial charge in [-0.3, -0.25) is 19.3 Å². The summed E-state index contributed by atoms with van der Waals surface area (Å²) in [6.07, 6.45) is 4.75. The number of H-pyrrole nitrogens is 1. The van der Waals surface area contributed by atoms with Gasteiger partial charge in [0.15, 0.2) is 35.5 Å². The Labute approximate surface area is 332 Å². The first kappa shape index (κ1) is 39.3. The van der Waals surface area contributed by atoms with Crippen molar-refractivity contribution in [3.63, 3.8) is 0 Å². The first-order valence-corrected chi connectivity index (χ1v) is 18.8. The molecule has 2 amide bonds. The fourth-order valence-corrected chi connectivity index (χ4v) is 8.31. The van der Waals surface area contributed by atoms with Gasteiger partial charge in [0.2, 0.25) is 5.43 Å². The van der Waals surface area contributed by atoms with Crippen molar-refractivity contribution in [1.29, 1.82) is 0 Å². The van der Waals surface area contributed by atoms with Crippen molar-refractivity contribution < 1.29 is 73.1 Å². The third-order valence-electron chi connectivity index (χ3n) is 7.23. The number of aromatic hydroxyl groups is 1. The number of aliphatic carboxylic acids is 1. The molecule has 4 aromatic heterocycles. The molecule has 1 fully saturated rings. The predicted molar refractivity (Wildman–Crippen MR) is 186 cm³/mol. The predicted octanol–water partition coefficient (Wildman–Crippen LogP) is -2.50. The van der Waals surface area contributed by atoms with Crippen LogP contribution < -0.4 is 50.6 Å². The molecular formula is C29H28N9NaO9S4+2. The van der Waals surface area contributed by atoms with E-state index in [2.05, 4.69) is 30.6 Å². The number of aliphatic hydroxyl groups excluding tert-OH is 1. The molecule has 2 atom stereocenters. The van der Waals surface area contributed by atoms with Gasteiger partial charge in [0.1, 0.15) is 41.7 Å². The molecule has 0 bridgehead atoms. The number of carbonyl (C=O) groups is 3. The van der Waals surface area contributed by atoms with Gasteiger partial charge in [0.25, 0.3) is 22.9 Å². The largest absolute Gasteiger partial charge is 1.00 e. The van der Waals surface area contributed by atoms with Crippen LogP contribution in [-0.4, -0.2) is 106 Å². The van der Waals surface area contributed by atoms with E-state index in [1.165, 1.54) is 33.8 Å². The maximum absolute atomic E-state index is 13.4. The number of thioether (sulfide) groups is 3. The summed E-state index contributed by atoms with van der Waals surface area (Å²) in [5.41, 5.74) is 5.78. The number of nitrogens with one attached hydrogen (secondary N) is 2. The summed E-state index contributed by atoms with van der Waals surface area (Å²) in [5.74, 6) is -2.04. The number of amides is 2. The van der Waals surface area contributed by atoms with E-state index in [-0.39, 0.29) is 87.6 Å². The van der Waals surface area contributed by atoms with Crippen LogP contribution in [0.4, 0.5) is 5.13 Å². The molecule has 266 valence electrons. The summed E-state index contributed by atoms with van der Waals surface area (Å²) in [4.78, 5) is 65.1. The summed E-state index contributed by atoms with van der Waals surface area (Å²) in [6, 6.07) is 3.84. The Kier molecular flexibility index (Phi) is 13.4. The van der Waals surface area contributed by atoms with Crippen LogP contribution in [0.5, 0.6) is 5.75 Å². The van der Waals surface area contributed by atoms with E-state index in [9.17, 15) is 29.4 Å². The number of carboxylic acids is 1. The minimum Gasteiger partial charge on any atom is -0.503 e. The molecule has 0 spiro atoms. The van der Waals surface area contributed by atoms with Gasteiger partial charge in [-0.2, -0.15) is 0 Å². The number of nitrogen functional groups attached to an aromatic ring is 1. The number of aliphatic hydroxyl groups is 1. The van der Waals surface area contributed by atoms with Gasteiger partial charge in [-0.25, -0.2) is 14.3 Å². The minimum absolute atomic E-state index is 0. The van der Waals surface area contributed by atoms with Crippen LogP contribution in [0.2, 0.25) is 0 Å². The van der Waals surface area contributed by atoms with E-state index in [4.69, 9.17) is 20.1 Å². The van der Waals surface area contributed by atoms with Gasteiger partial charge < -0.3 is 40.6 Å². The van der Waals surface area contributed by atoms with E-state index in [0.717, 1.165) is 40.3 Å². The van der Waals surface area contributed by atoms with Gasteiger partial charge in [0, 0.05) is 51.9 Å². The number of carbonyl (C=O) groups excluding carboxylic acids is 2. The second-order valence-corrected chi connectivity index (χ2v) is 14.7. The number of fused-ring (bicyclic) bond motifs is 1. The zero-order valence-electron chi connectivity index (χ0n) is 27.1. The molecular weight excluding hydrogens is 770 g/mol. The molecule has 2 aliphatic rings. The molecule has 52 heavy (non-hydrogen) atoms. The van der Waals surface area contributed by atoms with Crippen LogP contribution in [-0.2, 0) is 25.8 Å². The Bertz CT molecular complexity index is 2070. The number of aromatic amines is 1. The summed E-state index contributed by atoms with van der Waals surface area (Å²) < 4.78 is 7.34. The third kappa shape index (κ3) is 9.00. The second-order valence-electron chi connectivity index (χ2n) is 10.6. The Morgan fingerprint density at radius 1 is 1.25 bits per heavy atom. The van der Waals surface area contributed by atoms with Gasteiger partial charge in [-0.15, -0.1) is 45.1 Å². The Morgan fingerprint density at radius 3 is 2.73 bits per heavy atom. The molecule has 6 heterocycles. The normalized spacial score (nSPS) is 16.9. The summed E-state index contributed by atoms with van der Waals surface area (Å²) in [6.45, 7) is 0.462. The number of carboxylic acid groups (broad SMARTS) is 1. The van der Waals surface area contributed by atoms with Crippen LogP contribution in [0.3, 0.4) is 0 Å². The van der Waals surface area contributed by atoms with E-state index in [0.29, 0.717) is 23.6 Å².